The summed E-state index contributed by atoms with van der Waals surface area (Å²) in [4.78, 5) is 11.1. The number of rotatable bonds is 13. The maximum Gasteiger partial charge on any atom is 0.305 e. The van der Waals surface area contributed by atoms with Crippen molar-refractivity contribution in [1.29, 1.82) is 0 Å². The number of methoxy groups -OCH3 is 1. The molecule has 0 heterocycles. The zero-order valence-corrected chi connectivity index (χ0v) is 16.2. The standard InChI is InChI=1S/C21H38O4/c1-3-4-7-10-18(22)15-13-17-14-16-20(23)19(17)11-8-5-6-9-12-21(24)25-2/h13,15,17-20,22-23H,3-12,14,16H2,1-2H3. The van der Waals surface area contributed by atoms with Crippen LogP contribution in [-0.2, 0) is 9.53 Å². The lowest BCUT2D eigenvalue weighted by Crippen LogP contribution is -2.18. The molecule has 0 aromatic carbocycles. The van der Waals surface area contributed by atoms with Gasteiger partial charge in [-0.2, -0.15) is 0 Å². The van der Waals surface area contributed by atoms with E-state index in [1.807, 2.05) is 6.08 Å². The SMILES string of the molecule is CCCCCC(O)C=CC1CCC(O)C1CCCCCCC(=O)OC. The van der Waals surface area contributed by atoms with E-state index in [0.29, 0.717) is 18.3 Å². The van der Waals surface area contributed by atoms with Crippen molar-refractivity contribution in [1.82, 2.24) is 0 Å². The van der Waals surface area contributed by atoms with Crippen LogP contribution in [0.15, 0.2) is 12.2 Å². The molecule has 1 aliphatic rings. The first-order valence-corrected chi connectivity index (χ1v) is 10.2. The molecule has 1 saturated carbocycles. The first-order chi connectivity index (χ1) is 12.1. The van der Waals surface area contributed by atoms with Crippen molar-refractivity contribution in [2.24, 2.45) is 11.8 Å². The van der Waals surface area contributed by atoms with Crippen LogP contribution in [0.25, 0.3) is 0 Å². The number of ether oxygens (including phenoxy) is 1. The Labute approximate surface area is 153 Å². The molecule has 0 saturated heterocycles. The highest BCUT2D eigenvalue weighted by Crippen LogP contribution is 2.36. The summed E-state index contributed by atoms with van der Waals surface area (Å²) in [5.41, 5.74) is 0. The van der Waals surface area contributed by atoms with Gasteiger partial charge in [0, 0.05) is 6.42 Å². The summed E-state index contributed by atoms with van der Waals surface area (Å²) in [6.07, 6.45) is 15.3. The Morgan fingerprint density at radius 3 is 2.64 bits per heavy atom. The number of hydrogen-bond donors (Lipinski definition) is 2. The summed E-state index contributed by atoms with van der Waals surface area (Å²) in [5.74, 6) is 0.583. The smallest absolute Gasteiger partial charge is 0.305 e. The van der Waals surface area contributed by atoms with E-state index < -0.39 is 0 Å². The van der Waals surface area contributed by atoms with Crippen molar-refractivity contribution >= 4 is 5.97 Å². The Hall–Kier alpha value is -0.870. The molecular weight excluding hydrogens is 316 g/mol. The predicted molar refractivity (Wildman–Crippen MR) is 101 cm³/mol. The molecule has 146 valence electrons. The summed E-state index contributed by atoms with van der Waals surface area (Å²) < 4.78 is 4.64. The average Bonchev–Trinajstić information content (AvgIpc) is 2.96. The van der Waals surface area contributed by atoms with Crippen molar-refractivity contribution in [3.05, 3.63) is 12.2 Å². The molecule has 4 unspecified atom stereocenters. The largest absolute Gasteiger partial charge is 0.469 e. The average molecular weight is 355 g/mol. The molecule has 4 atom stereocenters. The summed E-state index contributed by atoms with van der Waals surface area (Å²) in [6.45, 7) is 2.17. The molecule has 0 aliphatic heterocycles. The first kappa shape index (κ1) is 22.2. The molecular formula is C21H38O4. The Kier molecular flexibility index (Phi) is 11.8. The van der Waals surface area contributed by atoms with E-state index in [2.05, 4.69) is 17.7 Å². The minimum Gasteiger partial charge on any atom is -0.469 e. The third kappa shape index (κ3) is 9.41. The summed E-state index contributed by atoms with van der Waals surface area (Å²) in [5, 5.41) is 20.3. The molecule has 0 aromatic rings. The highest BCUT2D eigenvalue weighted by molar-refractivity contribution is 5.68. The van der Waals surface area contributed by atoms with Gasteiger partial charge in [0.25, 0.3) is 0 Å². The molecule has 0 amide bonds. The number of hydrogen-bond acceptors (Lipinski definition) is 4. The third-order valence-corrected chi connectivity index (χ3v) is 5.42. The van der Waals surface area contributed by atoms with Gasteiger partial charge in [0.1, 0.15) is 0 Å². The second kappa shape index (κ2) is 13.3. The van der Waals surface area contributed by atoms with Crippen LogP contribution in [0.4, 0.5) is 0 Å². The summed E-state index contributed by atoms with van der Waals surface area (Å²) in [6, 6.07) is 0. The minimum absolute atomic E-state index is 0.131. The molecule has 0 radical (unpaired) electrons. The topological polar surface area (TPSA) is 66.8 Å². The van der Waals surface area contributed by atoms with Gasteiger partial charge in [0.2, 0.25) is 0 Å². The number of unbranched alkanes of at least 4 members (excludes halogenated alkanes) is 5. The van der Waals surface area contributed by atoms with Gasteiger partial charge in [0.05, 0.1) is 19.3 Å². The monoisotopic (exact) mass is 354 g/mol. The van der Waals surface area contributed by atoms with Crippen molar-refractivity contribution in [3.8, 4) is 0 Å². The van der Waals surface area contributed by atoms with E-state index in [9.17, 15) is 15.0 Å². The highest BCUT2D eigenvalue weighted by atomic mass is 16.5. The number of allylic oxidation sites excluding steroid dienone is 1. The number of esters is 1. The minimum atomic E-state index is -0.344. The van der Waals surface area contributed by atoms with E-state index >= 15 is 0 Å². The van der Waals surface area contributed by atoms with Gasteiger partial charge in [-0.1, -0.05) is 57.6 Å². The van der Waals surface area contributed by atoms with E-state index in [1.165, 1.54) is 20.0 Å². The van der Waals surface area contributed by atoms with Crippen molar-refractivity contribution < 1.29 is 19.7 Å². The molecule has 0 aromatic heterocycles. The van der Waals surface area contributed by atoms with Crippen molar-refractivity contribution in [2.45, 2.75) is 96.2 Å². The lowest BCUT2D eigenvalue weighted by molar-refractivity contribution is -0.140. The second-order valence-electron chi connectivity index (χ2n) is 7.45. The lowest BCUT2D eigenvalue weighted by Gasteiger charge is -2.20. The Balaban J connectivity index is 2.25. The van der Waals surface area contributed by atoms with E-state index in [0.717, 1.165) is 57.8 Å². The zero-order chi connectivity index (χ0) is 18.5. The van der Waals surface area contributed by atoms with Crippen LogP contribution in [-0.4, -0.2) is 35.5 Å². The van der Waals surface area contributed by atoms with Gasteiger partial charge in [-0.25, -0.2) is 0 Å². The van der Waals surface area contributed by atoms with E-state index in [4.69, 9.17) is 0 Å². The Bertz CT molecular complexity index is 380. The zero-order valence-electron chi connectivity index (χ0n) is 16.2. The van der Waals surface area contributed by atoms with Gasteiger partial charge in [-0.3, -0.25) is 4.79 Å². The molecule has 2 N–H and O–H groups in total. The van der Waals surface area contributed by atoms with Crippen LogP contribution in [0, 0.1) is 11.8 Å². The number of carbonyl (C=O) groups excluding carboxylic acids is 1. The van der Waals surface area contributed by atoms with Crippen molar-refractivity contribution in [3.63, 3.8) is 0 Å². The van der Waals surface area contributed by atoms with E-state index in [1.54, 1.807) is 0 Å². The first-order valence-electron chi connectivity index (χ1n) is 10.2. The fraction of sp³-hybridized carbons (Fsp3) is 0.857. The van der Waals surface area contributed by atoms with Crippen LogP contribution in [0.3, 0.4) is 0 Å². The summed E-state index contributed by atoms with van der Waals surface area (Å²) >= 11 is 0. The number of aliphatic hydroxyl groups excluding tert-OH is 2. The third-order valence-electron chi connectivity index (χ3n) is 5.42. The predicted octanol–water partition coefficient (Wildman–Crippen LogP) is 4.38. The fourth-order valence-corrected chi connectivity index (χ4v) is 3.80. The number of aliphatic hydroxyl groups is 2. The Morgan fingerprint density at radius 1 is 1.16 bits per heavy atom. The van der Waals surface area contributed by atoms with Crippen LogP contribution in [0.5, 0.6) is 0 Å². The molecule has 1 fully saturated rings. The van der Waals surface area contributed by atoms with Gasteiger partial charge >= 0.3 is 5.97 Å². The van der Waals surface area contributed by atoms with Crippen LogP contribution < -0.4 is 0 Å². The molecule has 1 rings (SSSR count). The maximum absolute atomic E-state index is 11.1. The molecule has 0 bridgehead atoms. The van der Waals surface area contributed by atoms with Crippen LogP contribution in [0.1, 0.15) is 84.0 Å². The molecule has 25 heavy (non-hydrogen) atoms. The van der Waals surface area contributed by atoms with Gasteiger partial charge in [0.15, 0.2) is 0 Å². The quantitative estimate of drug-likeness (QED) is 0.292. The van der Waals surface area contributed by atoms with Gasteiger partial charge in [-0.15, -0.1) is 0 Å². The second-order valence-corrected chi connectivity index (χ2v) is 7.45. The van der Waals surface area contributed by atoms with Crippen LogP contribution >= 0.6 is 0 Å². The fourth-order valence-electron chi connectivity index (χ4n) is 3.80. The van der Waals surface area contributed by atoms with E-state index in [-0.39, 0.29) is 18.2 Å². The molecule has 1 aliphatic carbocycles. The van der Waals surface area contributed by atoms with Crippen molar-refractivity contribution in [2.75, 3.05) is 7.11 Å². The van der Waals surface area contributed by atoms with Crippen LogP contribution in [0.2, 0.25) is 0 Å². The molecule has 4 heteroatoms. The Morgan fingerprint density at radius 2 is 1.92 bits per heavy atom. The summed E-state index contributed by atoms with van der Waals surface area (Å²) in [7, 11) is 1.43. The number of carbonyl (C=O) groups is 1. The maximum atomic E-state index is 11.1. The normalized spacial score (nSPS) is 24.7. The highest BCUT2D eigenvalue weighted by Gasteiger charge is 2.32. The van der Waals surface area contributed by atoms with Gasteiger partial charge < -0.3 is 14.9 Å². The lowest BCUT2D eigenvalue weighted by atomic mass is 9.88. The molecule has 4 nitrogen and oxygen atoms in total. The molecule has 0 spiro atoms. The van der Waals surface area contributed by atoms with Gasteiger partial charge in [-0.05, 0) is 43.9 Å².